The molecule has 90 valence electrons. The monoisotopic (exact) mass is 238 g/mol. The molecule has 1 saturated heterocycles. The maximum atomic E-state index is 3.52. The van der Waals surface area contributed by atoms with Crippen molar-refractivity contribution in [3.63, 3.8) is 0 Å². The van der Waals surface area contributed by atoms with Crippen LogP contribution in [0, 0.1) is 5.41 Å². The highest BCUT2D eigenvalue weighted by atomic mass is 32.1. The quantitative estimate of drug-likeness (QED) is 0.867. The van der Waals surface area contributed by atoms with E-state index < -0.39 is 0 Å². The van der Waals surface area contributed by atoms with Gasteiger partial charge in [-0.1, -0.05) is 13.0 Å². The Labute approximate surface area is 103 Å². The Kier molecular flexibility index (Phi) is 4.00. The van der Waals surface area contributed by atoms with Crippen LogP contribution in [0.1, 0.15) is 24.6 Å². The number of nitrogens with one attached hydrogen (secondary N) is 1. The molecule has 1 N–H and O–H groups in total. The number of rotatable bonds is 4. The van der Waals surface area contributed by atoms with Crippen LogP contribution in [0.2, 0.25) is 0 Å². The summed E-state index contributed by atoms with van der Waals surface area (Å²) in [4.78, 5) is 3.92. The molecular formula is C13H22N2S. The molecule has 1 aromatic heterocycles. The van der Waals surface area contributed by atoms with Crippen molar-refractivity contribution in [2.24, 2.45) is 5.41 Å². The lowest BCUT2D eigenvalue weighted by Gasteiger charge is -2.37. The molecule has 2 nitrogen and oxygen atoms in total. The van der Waals surface area contributed by atoms with Crippen LogP contribution in [-0.4, -0.2) is 31.6 Å². The molecule has 0 bridgehead atoms. The molecule has 2 heterocycles. The largest absolute Gasteiger partial charge is 0.316 e. The van der Waals surface area contributed by atoms with Gasteiger partial charge < -0.3 is 10.2 Å². The van der Waals surface area contributed by atoms with E-state index in [-0.39, 0.29) is 0 Å². The summed E-state index contributed by atoms with van der Waals surface area (Å²) in [6, 6.07) is 4.36. The van der Waals surface area contributed by atoms with Crippen molar-refractivity contribution >= 4 is 11.3 Å². The van der Waals surface area contributed by atoms with E-state index >= 15 is 0 Å². The van der Waals surface area contributed by atoms with Crippen molar-refractivity contribution in [1.82, 2.24) is 10.2 Å². The SMILES string of the molecule is CN(Cc1cccs1)CC1(C)CCCNC1. The fourth-order valence-corrected chi connectivity index (χ4v) is 3.41. The molecule has 1 unspecified atom stereocenters. The van der Waals surface area contributed by atoms with Crippen LogP contribution in [0.4, 0.5) is 0 Å². The second kappa shape index (κ2) is 5.30. The Morgan fingerprint density at radius 3 is 3.06 bits per heavy atom. The van der Waals surface area contributed by atoms with Crippen molar-refractivity contribution in [3.05, 3.63) is 22.4 Å². The highest BCUT2D eigenvalue weighted by Gasteiger charge is 2.27. The van der Waals surface area contributed by atoms with Crippen molar-refractivity contribution in [2.75, 3.05) is 26.7 Å². The fraction of sp³-hybridized carbons (Fsp3) is 0.692. The Bertz CT molecular complexity index is 302. The van der Waals surface area contributed by atoms with Crippen molar-refractivity contribution in [2.45, 2.75) is 26.3 Å². The van der Waals surface area contributed by atoms with E-state index in [1.807, 2.05) is 11.3 Å². The number of hydrogen-bond donors (Lipinski definition) is 1. The van der Waals surface area contributed by atoms with Crippen molar-refractivity contribution in [1.29, 1.82) is 0 Å². The minimum absolute atomic E-state index is 0.463. The van der Waals surface area contributed by atoms with Gasteiger partial charge in [-0.15, -0.1) is 11.3 Å². The van der Waals surface area contributed by atoms with Crippen LogP contribution in [-0.2, 0) is 6.54 Å². The number of thiophene rings is 1. The summed E-state index contributed by atoms with van der Waals surface area (Å²) in [7, 11) is 2.24. The third-order valence-electron chi connectivity index (χ3n) is 3.34. The van der Waals surface area contributed by atoms with Gasteiger partial charge in [0.25, 0.3) is 0 Å². The van der Waals surface area contributed by atoms with E-state index in [1.165, 1.54) is 37.4 Å². The van der Waals surface area contributed by atoms with E-state index in [1.54, 1.807) is 0 Å². The van der Waals surface area contributed by atoms with Crippen LogP contribution >= 0.6 is 11.3 Å². The average molecular weight is 238 g/mol. The van der Waals surface area contributed by atoms with Gasteiger partial charge in [-0.05, 0) is 43.3 Å². The zero-order valence-electron chi connectivity index (χ0n) is 10.3. The number of nitrogens with zero attached hydrogens (tertiary/aromatic N) is 1. The van der Waals surface area contributed by atoms with E-state index in [2.05, 4.69) is 41.7 Å². The summed E-state index contributed by atoms with van der Waals surface area (Å²) in [6.07, 6.45) is 2.68. The summed E-state index contributed by atoms with van der Waals surface area (Å²) in [5.41, 5.74) is 0.463. The predicted octanol–water partition coefficient (Wildman–Crippen LogP) is 2.57. The van der Waals surface area contributed by atoms with Gasteiger partial charge in [-0.3, -0.25) is 0 Å². The van der Waals surface area contributed by atoms with Crippen LogP contribution in [0.25, 0.3) is 0 Å². The van der Waals surface area contributed by atoms with E-state index in [4.69, 9.17) is 0 Å². The van der Waals surface area contributed by atoms with Crippen molar-refractivity contribution < 1.29 is 0 Å². The zero-order valence-corrected chi connectivity index (χ0v) is 11.1. The first-order valence-electron chi connectivity index (χ1n) is 6.10. The third kappa shape index (κ3) is 3.30. The highest BCUT2D eigenvalue weighted by molar-refractivity contribution is 7.09. The number of piperidine rings is 1. The first kappa shape index (κ1) is 12.1. The Balaban J connectivity index is 1.84. The van der Waals surface area contributed by atoms with Crippen LogP contribution in [0.5, 0.6) is 0 Å². The van der Waals surface area contributed by atoms with Gasteiger partial charge in [0.15, 0.2) is 0 Å². The Morgan fingerprint density at radius 2 is 2.44 bits per heavy atom. The molecule has 0 spiro atoms. The molecule has 0 radical (unpaired) electrons. The fourth-order valence-electron chi connectivity index (χ4n) is 2.63. The van der Waals surface area contributed by atoms with Crippen molar-refractivity contribution in [3.8, 4) is 0 Å². The van der Waals surface area contributed by atoms with Gasteiger partial charge in [0.2, 0.25) is 0 Å². The van der Waals surface area contributed by atoms with Crippen LogP contribution < -0.4 is 5.32 Å². The van der Waals surface area contributed by atoms with Gasteiger partial charge in [0.05, 0.1) is 0 Å². The van der Waals surface area contributed by atoms with Crippen LogP contribution in [0.15, 0.2) is 17.5 Å². The van der Waals surface area contributed by atoms with Gasteiger partial charge >= 0.3 is 0 Å². The first-order valence-corrected chi connectivity index (χ1v) is 6.98. The molecule has 2 rings (SSSR count). The average Bonchev–Trinajstić information content (AvgIpc) is 2.70. The lowest BCUT2D eigenvalue weighted by atomic mass is 9.82. The molecule has 1 fully saturated rings. The molecule has 0 amide bonds. The smallest absolute Gasteiger partial charge is 0.0325 e. The Hall–Kier alpha value is -0.380. The van der Waals surface area contributed by atoms with Gasteiger partial charge in [0, 0.05) is 24.5 Å². The maximum absolute atomic E-state index is 3.52. The number of hydrogen-bond acceptors (Lipinski definition) is 3. The lowest BCUT2D eigenvalue weighted by molar-refractivity contribution is 0.149. The van der Waals surface area contributed by atoms with E-state index in [0.29, 0.717) is 5.41 Å². The summed E-state index contributed by atoms with van der Waals surface area (Å²) in [5.74, 6) is 0. The second-order valence-electron chi connectivity index (χ2n) is 5.34. The summed E-state index contributed by atoms with van der Waals surface area (Å²) in [5, 5.41) is 5.68. The van der Waals surface area contributed by atoms with Gasteiger partial charge in [0.1, 0.15) is 0 Å². The predicted molar refractivity (Wildman–Crippen MR) is 70.9 cm³/mol. The minimum Gasteiger partial charge on any atom is -0.316 e. The minimum atomic E-state index is 0.463. The topological polar surface area (TPSA) is 15.3 Å². The maximum Gasteiger partial charge on any atom is 0.0325 e. The second-order valence-corrected chi connectivity index (χ2v) is 6.37. The standard InChI is InChI=1S/C13H22N2S/c1-13(6-4-7-14-10-13)11-15(2)9-12-5-3-8-16-12/h3,5,8,14H,4,6-7,9-11H2,1-2H3. The summed E-state index contributed by atoms with van der Waals surface area (Å²) in [6.45, 7) is 7.06. The van der Waals surface area contributed by atoms with Gasteiger partial charge in [-0.25, -0.2) is 0 Å². The zero-order chi connectivity index (χ0) is 11.4. The van der Waals surface area contributed by atoms with Gasteiger partial charge in [-0.2, -0.15) is 0 Å². The Morgan fingerprint density at radius 1 is 1.56 bits per heavy atom. The molecule has 0 aliphatic carbocycles. The molecule has 1 atom stereocenters. The lowest BCUT2D eigenvalue weighted by Crippen LogP contribution is -2.44. The molecule has 0 aromatic carbocycles. The molecule has 0 saturated carbocycles. The normalized spacial score (nSPS) is 26.2. The molecule has 1 aliphatic heterocycles. The molecule has 3 heteroatoms. The highest BCUT2D eigenvalue weighted by Crippen LogP contribution is 2.26. The molecule has 1 aliphatic rings. The summed E-state index contributed by atoms with van der Waals surface area (Å²) < 4.78 is 0. The molecular weight excluding hydrogens is 216 g/mol. The van der Waals surface area contributed by atoms with Crippen LogP contribution in [0.3, 0.4) is 0 Å². The molecule has 1 aromatic rings. The van der Waals surface area contributed by atoms with E-state index in [9.17, 15) is 0 Å². The third-order valence-corrected chi connectivity index (χ3v) is 4.20. The summed E-state index contributed by atoms with van der Waals surface area (Å²) >= 11 is 1.85. The first-order chi connectivity index (χ1) is 7.68. The van der Waals surface area contributed by atoms with E-state index in [0.717, 1.165) is 6.54 Å². The molecule has 16 heavy (non-hydrogen) atoms.